The molecule has 1 aliphatic rings. The fourth-order valence-corrected chi connectivity index (χ4v) is 5.36. The van der Waals surface area contributed by atoms with Crippen LogP contribution in [0.25, 0.3) is 10.8 Å². The quantitative estimate of drug-likeness (QED) is 0.599. The number of carbonyl (C=O) groups excluding carboxylic acids is 2. The molecule has 8 nitrogen and oxygen atoms in total. The second kappa shape index (κ2) is 9.74. The lowest BCUT2D eigenvalue weighted by molar-refractivity contribution is -0.144. The van der Waals surface area contributed by atoms with E-state index in [0.717, 1.165) is 5.39 Å². The first-order chi connectivity index (χ1) is 15.0. The molecule has 0 saturated carbocycles. The number of sulfonamides is 1. The van der Waals surface area contributed by atoms with E-state index in [0.29, 0.717) is 10.4 Å². The molecule has 2 N–H and O–H groups in total. The summed E-state index contributed by atoms with van der Waals surface area (Å²) in [6, 6.07) is 8.01. The molecule has 2 aromatic carbocycles. The molecule has 0 unspecified atom stereocenters. The van der Waals surface area contributed by atoms with Crippen LogP contribution in [0, 0.1) is 0 Å². The van der Waals surface area contributed by atoms with E-state index < -0.39 is 28.0 Å². The highest BCUT2D eigenvalue weighted by Gasteiger charge is 2.40. The van der Waals surface area contributed by atoms with Gasteiger partial charge in [-0.15, -0.1) is 0 Å². The molecule has 1 aliphatic heterocycles. The van der Waals surface area contributed by atoms with Gasteiger partial charge in [0, 0.05) is 24.2 Å². The van der Waals surface area contributed by atoms with Gasteiger partial charge < -0.3 is 14.9 Å². The molecule has 0 radical (unpaired) electrons. The summed E-state index contributed by atoms with van der Waals surface area (Å²) in [5.41, 5.74) is 0. The van der Waals surface area contributed by atoms with Crippen LogP contribution >= 0.6 is 11.6 Å². The molecule has 174 valence electrons. The van der Waals surface area contributed by atoms with Gasteiger partial charge in [0.15, 0.2) is 0 Å². The molecule has 0 aromatic heterocycles. The lowest BCUT2D eigenvalue weighted by Crippen LogP contribution is -2.52. The summed E-state index contributed by atoms with van der Waals surface area (Å²) in [6.45, 7) is 5.55. The Hall–Kier alpha value is -2.20. The number of halogens is 1. The molecule has 1 fully saturated rings. The first kappa shape index (κ1) is 24.4. The smallest absolute Gasteiger partial charge is 0.245 e. The van der Waals surface area contributed by atoms with Gasteiger partial charge in [-0.05, 0) is 62.2 Å². The van der Waals surface area contributed by atoms with Crippen molar-refractivity contribution in [2.75, 3.05) is 19.7 Å². The van der Waals surface area contributed by atoms with Crippen molar-refractivity contribution in [1.82, 2.24) is 14.5 Å². The Morgan fingerprint density at radius 1 is 1.22 bits per heavy atom. The third kappa shape index (κ3) is 5.06. The summed E-state index contributed by atoms with van der Waals surface area (Å²) >= 11 is 5.98. The maximum absolute atomic E-state index is 12.9. The van der Waals surface area contributed by atoms with Gasteiger partial charge in [-0.2, -0.15) is 4.72 Å². The van der Waals surface area contributed by atoms with Gasteiger partial charge in [0.25, 0.3) is 0 Å². The average Bonchev–Trinajstić information content (AvgIpc) is 3.09. The van der Waals surface area contributed by atoms with Gasteiger partial charge in [0.2, 0.25) is 21.8 Å². The molecule has 32 heavy (non-hydrogen) atoms. The second-order valence-electron chi connectivity index (χ2n) is 8.17. The molecule has 2 atom stereocenters. The van der Waals surface area contributed by atoms with E-state index >= 15 is 0 Å². The van der Waals surface area contributed by atoms with Crippen molar-refractivity contribution in [3.05, 3.63) is 41.4 Å². The number of aliphatic hydroxyl groups excluding tert-OH is 1. The minimum atomic E-state index is -3.94. The maximum atomic E-state index is 12.9. The number of likely N-dealkylation sites (tertiary alicyclic amines) is 1. The molecule has 10 heteroatoms. The normalized spacial score (nSPS) is 17.9. The Kier molecular flexibility index (Phi) is 7.44. The zero-order valence-corrected chi connectivity index (χ0v) is 19.9. The molecule has 3 rings (SSSR count). The predicted molar refractivity (Wildman–Crippen MR) is 123 cm³/mol. The minimum Gasteiger partial charge on any atom is -0.395 e. The highest BCUT2D eigenvalue weighted by molar-refractivity contribution is 7.89. The van der Waals surface area contributed by atoms with Crippen LogP contribution in [0.2, 0.25) is 5.02 Å². The highest BCUT2D eigenvalue weighted by atomic mass is 35.5. The fourth-order valence-electron chi connectivity index (χ4n) is 3.92. The van der Waals surface area contributed by atoms with Gasteiger partial charge in [-0.1, -0.05) is 23.7 Å². The third-order valence-corrected chi connectivity index (χ3v) is 7.40. The van der Waals surface area contributed by atoms with Crippen molar-refractivity contribution in [1.29, 1.82) is 0 Å². The second-order valence-corrected chi connectivity index (χ2v) is 10.3. The predicted octanol–water partition coefficient (Wildman–Crippen LogP) is 1.99. The summed E-state index contributed by atoms with van der Waals surface area (Å²) in [5.74, 6) is -0.714. The lowest BCUT2D eigenvalue weighted by Gasteiger charge is -2.32. The van der Waals surface area contributed by atoms with Crippen molar-refractivity contribution in [2.24, 2.45) is 0 Å². The van der Waals surface area contributed by atoms with E-state index in [2.05, 4.69) is 4.72 Å². The molecule has 0 spiro atoms. The van der Waals surface area contributed by atoms with Gasteiger partial charge in [0.05, 0.1) is 11.5 Å². The monoisotopic (exact) mass is 481 g/mol. The van der Waals surface area contributed by atoms with Gasteiger partial charge in [-0.25, -0.2) is 8.42 Å². The van der Waals surface area contributed by atoms with Crippen LogP contribution in [0.3, 0.4) is 0 Å². The number of hydrogen-bond acceptors (Lipinski definition) is 5. The molecule has 1 heterocycles. The largest absolute Gasteiger partial charge is 0.395 e. The zero-order chi connectivity index (χ0) is 23.6. The van der Waals surface area contributed by atoms with Crippen LogP contribution in [0.4, 0.5) is 0 Å². The number of nitrogens with one attached hydrogen (secondary N) is 1. The van der Waals surface area contributed by atoms with Crippen LogP contribution < -0.4 is 4.72 Å². The number of benzene rings is 2. The third-order valence-electron chi connectivity index (χ3n) is 5.69. The fraction of sp³-hybridized carbons (Fsp3) is 0.455. The molecule has 2 amide bonds. The lowest BCUT2D eigenvalue weighted by atomic mass is 10.1. The minimum absolute atomic E-state index is 0.0524. The van der Waals surface area contributed by atoms with E-state index in [4.69, 9.17) is 11.6 Å². The summed E-state index contributed by atoms with van der Waals surface area (Å²) in [6.07, 6.45) is 0.264. The summed E-state index contributed by atoms with van der Waals surface area (Å²) in [7, 11) is -3.94. The van der Waals surface area contributed by atoms with Crippen molar-refractivity contribution in [2.45, 2.75) is 50.2 Å². The number of fused-ring (bicyclic) bond motifs is 1. The Morgan fingerprint density at radius 2 is 1.88 bits per heavy atom. The Labute approximate surface area is 193 Å². The van der Waals surface area contributed by atoms with Crippen molar-refractivity contribution in [3.63, 3.8) is 0 Å². The Morgan fingerprint density at radius 3 is 2.53 bits per heavy atom. The summed E-state index contributed by atoms with van der Waals surface area (Å²) in [4.78, 5) is 28.7. The Balaban J connectivity index is 1.74. The van der Waals surface area contributed by atoms with Crippen LogP contribution in [0.5, 0.6) is 0 Å². The van der Waals surface area contributed by atoms with Crippen LogP contribution in [0.1, 0.15) is 27.2 Å². The number of carbonyl (C=O) groups is 2. The zero-order valence-electron chi connectivity index (χ0n) is 18.3. The Bertz CT molecular complexity index is 1120. The highest BCUT2D eigenvalue weighted by Crippen LogP contribution is 2.24. The van der Waals surface area contributed by atoms with Gasteiger partial charge >= 0.3 is 0 Å². The number of nitrogens with zero attached hydrogens (tertiary/aromatic N) is 2. The molecule has 0 bridgehead atoms. The van der Waals surface area contributed by atoms with Crippen LogP contribution in [-0.2, 0) is 19.6 Å². The van der Waals surface area contributed by atoms with Crippen LogP contribution in [-0.4, -0.2) is 73.0 Å². The number of hydrogen-bond donors (Lipinski definition) is 2. The van der Waals surface area contributed by atoms with Crippen molar-refractivity contribution < 1.29 is 23.1 Å². The van der Waals surface area contributed by atoms with E-state index in [1.165, 1.54) is 21.9 Å². The summed E-state index contributed by atoms with van der Waals surface area (Å²) in [5, 5.41) is 11.3. The molecule has 0 aliphatic carbocycles. The van der Waals surface area contributed by atoms with E-state index in [1.807, 2.05) is 13.8 Å². The average molecular weight is 482 g/mol. The SMILES string of the molecule is CC(C)N(CCO)C(=O)[C@H](C)N1CC[C@H](NS(=O)(=O)c2ccc3cc(Cl)ccc3c2)C1=O. The number of aliphatic hydroxyl groups is 1. The van der Waals surface area contributed by atoms with Gasteiger partial charge in [0.1, 0.15) is 12.1 Å². The molecular weight excluding hydrogens is 454 g/mol. The van der Waals surface area contributed by atoms with E-state index in [9.17, 15) is 23.1 Å². The standard InChI is InChI=1S/C22H28ClN3O5S/c1-14(2)25(10-11-27)21(28)15(3)26-9-8-20(22(26)29)24-32(30,31)19-7-5-16-12-18(23)6-4-17(16)13-19/h4-7,12-15,20,24,27H,8-11H2,1-3H3/t15-,20-/m0/s1. The van der Waals surface area contributed by atoms with Crippen LogP contribution in [0.15, 0.2) is 41.3 Å². The molecular formula is C22H28ClN3O5S. The molecule has 1 saturated heterocycles. The number of amides is 2. The van der Waals surface area contributed by atoms with Crippen molar-refractivity contribution in [3.8, 4) is 0 Å². The number of rotatable bonds is 8. The first-order valence-electron chi connectivity index (χ1n) is 10.5. The van der Waals surface area contributed by atoms with Gasteiger partial charge in [-0.3, -0.25) is 9.59 Å². The van der Waals surface area contributed by atoms with E-state index in [-0.39, 0.29) is 43.0 Å². The maximum Gasteiger partial charge on any atom is 0.245 e. The van der Waals surface area contributed by atoms with E-state index in [1.54, 1.807) is 31.2 Å². The van der Waals surface area contributed by atoms with Crippen molar-refractivity contribution >= 4 is 44.2 Å². The summed E-state index contributed by atoms with van der Waals surface area (Å²) < 4.78 is 28.3. The molecule has 2 aromatic rings. The first-order valence-corrected chi connectivity index (χ1v) is 12.3. The topological polar surface area (TPSA) is 107 Å².